The molecule has 0 saturated heterocycles. The SMILES string of the molecule is CN(c1ccccc1)c1cc(-c2ccccc2)nc(Nc2ccc(C#N)cc2)n1. The first kappa shape index (κ1) is 18.2. The summed E-state index contributed by atoms with van der Waals surface area (Å²) in [6, 6.07) is 31.4. The van der Waals surface area contributed by atoms with Gasteiger partial charge < -0.3 is 10.2 Å². The fourth-order valence-electron chi connectivity index (χ4n) is 2.96. The highest BCUT2D eigenvalue weighted by atomic mass is 15.2. The minimum Gasteiger partial charge on any atom is -0.329 e. The largest absolute Gasteiger partial charge is 0.329 e. The van der Waals surface area contributed by atoms with Gasteiger partial charge in [-0.1, -0.05) is 48.5 Å². The van der Waals surface area contributed by atoms with Gasteiger partial charge in [0, 0.05) is 30.1 Å². The van der Waals surface area contributed by atoms with E-state index in [2.05, 4.69) is 11.4 Å². The van der Waals surface area contributed by atoms with Crippen molar-refractivity contribution >= 4 is 23.1 Å². The van der Waals surface area contributed by atoms with E-state index in [-0.39, 0.29) is 0 Å². The van der Waals surface area contributed by atoms with Crippen molar-refractivity contribution < 1.29 is 0 Å². The number of aromatic nitrogens is 2. The molecule has 1 heterocycles. The summed E-state index contributed by atoms with van der Waals surface area (Å²) in [6.45, 7) is 0. The van der Waals surface area contributed by atoms with Crippen LogP contribution in [-0.2, 0) is 0 Å². The van der Waals surface area contributed by atoms with Crippen LogP contribution in [0.1, 0.15) is 5.56 Å². The van der Waals surface area contributed by atoms with E-state index in [1.807, 2.05) is 90.8 Å². The zero-order chi connectivity index (χ0) is 20.1. The van der Waals surface area contributed by atoms with Crippen molar-refractivity contribution in [3.63, 3.8) is 0 Å². The van der Waals surface area contributed by atoms with Gasteiger partial charge >= 0.3 is 0 Å². The van der Waals surface area contributed by atoms with Crippen molar-refractivity contribution in [1.82, 2.24) is 9.97 Å². The number of benzene rings is 3. The van der Waals surface area contributed by atoms with Crippen LogP contribution in [0.25, 0.3) is 11.3 Å². The molecule has 4 aromatic rings. The Bertz CT molecular complexity index is 1130. The highest BCUT2D eigenvalue weighted by molar-refractivity contribution is 5.69. The number of nitrogens with zero attached hydrogens (tertiary/aromatic N) is 4. The zero-order valence-electron chi connectivity index (χ0n) is 15.9. The Kier molecular flexibility index (Phi) is 5.17. The van der Waals surface area contributed by atoms with E-state index in [0.29, 0.717) is 11.5 Å². The summed E-state index contributed by atoms with van der Waals surface area (Å²) >= 11 is 0. The number of para-hydroxylation sites is 1. The summed E-state index contributed by atoms with van der Waals surface area (Å²) in [6.07, 6.45) is 0. The second kappa shape index (κ2) is 8.24. The van der Waals surface area contributed by atoms with Crippen LogP contribution in [0.15, 0.2) is 91.0 Å². The van der Waals surface area contributed by atoms with Crippen LogP contribution in [0.2, 0.25) is 0 Å². The predicted molar refractivity (Wildman–Crippen MR) is 116 cm³/mol. The molecular weight excluding hydrogens is 358 g/mol. The average Bonchev–Trinajstić information content (AvgIpc) is 2.80. The smallest absolute Gasteiger partial charge is 0.229 e. The Hall–Kier alpha value is -4.17. The van der Waals surface area contributed by atoms with Gasteiger partial charge in [0.1, 0.15) is 5.82 Å². The number of nitrogens with one attached hydrogen (secondary N) is 1. The Morgan fingerprint density at radius 1 is 0.828 bits per heavy atom. The second-order valence-electron chi connectivity index (χ2n) is 6.51. The van der Waals surface area contributed by atoms with Crippen molar-refractivity contribution in [3.05, 3.63) is 96.6 Å². The van der Waals surface area contributed by atoms with Crippen LogP contribution < -0.4 is 10.2 Å². The van der Waals surface area contributed by atoms with Crippen LogP contribution in [-0.4, -0.2) is 17.0 Å². The van der Waals surface area contributed by atoms with Gasteiger partial charge in [0.05, 0.1) is 17.3 Å². The molecule has 0 atom stereocenters. The van der Waals surface area contributed by atoms with Crippen LogP contribution in [0.3, 0.4) is 0 Å². The van der Waals surface area contributed by atoms with Crippen LogP contribution >= 0.6 is 0 Å². The maximum atomic E-state index is 8.99. The molecule has 1 N–H and O–H groups in total. The van der Waals surface area contributed by atoms with Crippen molar-refractivity contribution in [2.24, 2.45) is 0 Å². The number of anilines is 4. The number of hydrogen-bond donors (Lipinski definition) is 1. The van der Waals surface area contributed by atoms with Crippen LogP contribution in [0.5, 0.6) is 0 Å². The molecule has 0 aliphatic carbocycles. The van der Waals surface area contributed by atoms with Gasteiger partial charge in [-0.3, -0.25) is 0 Å². The number of rotatable bonds is 5. The summed E-state index contributed by atoms with van der Waals surface area (Å²) < 4.78 is 0. The lowest BCUT2D eigenvalue weighted by molar-refractivity contribution is 1.09. The molecule has 5 nitrogen and oxygen atoms in total. The van der Waals surface area contributed by atoms with Crippen molar-refractivity contribution in [2.45, 2.75) is 0 Å². The molecular formula is C24H19N5. The molecule has 5 heteroatoms. The Morgan fingerprint density at radius 2 is 1.48 bits per heavy atom. The quantitative estimate of drug-likeness (QED) is 0.496. The number of nitriles is 1. The van der Waals surface area contributed by atoms with E-state index in [9.17, 15) is 0 Å². The molecule has 140 valence electrons. The minimum atomic E-state index is 0.494. The lowest BCUT2D eigenvalue weighted by Crippen LogP contribution is -2.13. The molecule has 4 rings (SSSR count). The van der Waals surface area contributed by atoms with E-state index >= 15 is 0 Å². The van der Waals surface area contributed by atoms with Crippen molar-refractivity contribution in [3.8, 4) is 17.3 Å². The molecule has 0 fully saturated rings. The lowest BCUT2D eigenvalue weighted by atomic mass is 10.1. The summed E-state index contributed by atoms with van der Waals surface area (Å²) in [5, 5.41) is 12.2. The summed E-state index contributed by atoms with van der Waals surface area (Å²) in [5.74, 6) is 1.27. The topological polar surface area (TPSA) is 64.8 Å². The summed E-state index contributed by atoms with van der Waals surface area (Å²) in [5.41, 5.74) is 4.31. The predicted octanol–water partition coefficient (Wildman–Crippen LogP) is 5.53. The van der Waals surface area contributed by atoms with E-state index in [0.717, 1.165) is 28.5 Å². The minimum absolute atomic E-state index is 0.494. The van der Waals surface area contributed by atoms with Crippen molar-refractivity contribution in [2.75, 3.05) is 17.3 Å². The molecule has 1 aromatic heterocycles. The van der Waals surface area contributed by atoms with Crippen molar-refractivity contribution in [1.29, 1.82) is 5.26 Å². The van der Waals surface area contributed by atoms with Gasteiger partial charge in [-0.2, -0.15) is 10.2 Å². The molecule has 0 saturated carbocycles. The fourth-order valence-corrected chi connectivity index (χ4v) is 2.96. The van der Waals surface area contributed by atoms with E-state index in [1.54, 1.807) is 12.1 Å². The maximum Gasteiger partial charge on any atom is 0.229 e. The van der Waals surface area contributed by atoms with Gasteiger partial charge in [0.15, 0.2) is 0 Å². The lowest BCUT2D eigenvalue weighted by Gasteiger charge is -2.20. The maximum absolute atomic E-state index is 8.99. The Balaban J connectivity index is 1.74. The molecule has 0 radical (unpaired) electrons. The third kappa shape index (κ3) is 4.23. The molecule has 0 aliphatic heterocycles. The molecule has 0 spiro atoms. The normalized spacial score (nSPS) is 10.2. The molecule has 0 aliphatic rings. The Labute approximate surface area is 169 Å². The van der Waals surface area contributed by atoms with Gasteiger partial charge in [-0.05, 0) is 36.4 Å². The van der Waals surface area contributed by atoms with Crippen LogP contribution in [0, 0.1) is 11.3 Å². The highest BCUT2D eigenvalue weighted by Crippen LogP contribution is 2.28. The molecule has 29 heavy (non-hydrogen) atoms. The van der Waals surface area contributed by atoms with Gasteiger partial charge in [-0.15, -0.1) is 0 Å². The molecule has 0 unspecified atom stereocenters. The summed E-state index contributed by atoms with van der Waals surface area (Å²) in [7, 11) is 1.98. The fraction of sp³-hybridized carbons (Fsp3) is 0.0417. The van der Waals surface area contributed by atoms with Crippen LogP contribution in [0.4, 0.5) is 23.1 Å². The van der Waals surface area contributed by atoms with E-state index < -0.39 is 0 Å². The Morgan fingerprint density at radius 3 is 2.14 bits per heavy atom. The first-order valence-corrected chi connectivity index (χ1v) is 9.23. The third-order valence-electron chi connectivity index (χ3n) is 4.54. The van der Waals surface area contributed by atoms with Gasteiger partial charge in [0.2, 0.25) is 5.95 Å². The van der Waals surface area contributed by atoms with Gasteiger partial charge in [0.25, 0.3) is 0 Å². The zero-order valence-corrected chi connectivity index (χ0v) is 15.9. The average molecular weight is 377 g/mol. The second-order valence-corrected chi connectivity index (χ2v) is 6.51. The third-order valence-corrected chi connectivity index (χ3v) is 4.54. The molecule has 0 bridgehead atoms. The first-order chi connectivity index (χ1) is 14.2. The van der Waals surface area contributed by atoms with E-state index in [1.165, 1.54) is 0 Å². The van der Waals surface area contributed by atoms with Gasteiger partial charge in [-0.25, -0.2) is 4.98 Å². The highest BCUT2D eigenvalue weighted by Gasteiger charge is 2.12. The summed E-state index contributed by atoms with van der Waals surface area (Å²) in [4.78, 5) is 11.4. The number of hydrogen-bond acceptors (Lipinski definition) is 5. The molecule has 0 amide bonds. The monoisotopic (exact) mass is 377 g/mol. The van der Waals surface area contributed by atoms with E-state index in [4.69, 9.17) is 15.2 Å². The standard InChI is InChI=1S/C24H19N5/c1-29(21-10-6-3-7-11-21)23-16-22(19-8-4-2-5-9-19)27-24(28-23)26-20-14-12-18(17-25)13-15-20/h2-16H,1H3,(H,26,27,28). The molecule has 3 aromatic carbocycles. The first-order valence-electron chi connectivity index (χ1n) is 9.23.